The van der Waals surface area contributed by atoms with Crippen LogP contribution in [0, 0.1) is 10.1 Å². The summed E-state index contributed by atoms with van der Waals surface area (Å²) < 4.78 is 11.0. The van der Waals surface area contributed by atoms with Gasteiger partial charge in [0.1, 0.15) is 6.54 Å². The molecule has 0 unspecified atom stereocenters. The van der Waals surface area contributed by atoms with Gasteiger partial charge in [0.25, 0.3) is 16.8 Å². The number of benzene rings is 2. The first kappa shape index (κ1) is 22.1. The molecule has 1 fully saturated rings. The number of amides is 3. The van der Waals surface area contributed by atoms with Crippen LogP contribution in [0.25, 0.3) is 6.08 Å². The van der Waals surface area contributed by atoms with Crippen molar-refractivity contribution in [2.24, 2.45) is 0 Å². The lowest BCUT2D eigenvalue weighted by atomic mass is 10.1. The van der Waals surface area contributed by atoms with Crippen LogP contribution in [0.1, 0.15) is 5.56 Å². The van der Waals surface area contributed by atoms with Crippen molar-refractivity contribution in [1.82, 2.24) is 4.90 Å². The zero-order chi connectivity index (χ0) is 23.0. The molecule has 4 rings (SSSR count). The Morgan fingerprint density at radius 2 is 2.00 bits per heavy atom. The highest BCUT2D eigenvalue weighted by atomic mass is 79.9. The van der Waals surface area contributed by atoms with Gasteiger partial charge in [-0.2, -0.15) is 0 Å². The number of fused-ring (bicyclic) bond motifs is 1. The Kier molecular flexibility index (Phi) is 6.09. The number of carbonyl (C=O) groups is 3. The van der Waals surface area contributed by atoms with E-state index in [2.05, 4.69) is 21.2 Å². The van der Waals surface area contributed by atoms with Crippen molar-refractivity contribution in [3.63, 3.8) is 0 Å². The van der Waals surface area contributed by atoms with Crippen molar-refractivity contribution in [1.29, 1.82) is 0 Å². The summed E-state index contributed by atoms with van der Waals surface area (Å²) >= 11 is 9.81. The molecule has 0 radical (unpaired) electrons. The van der Waals surface area contributed by atoms with Crippen LogP contribution < -0.4 is 14.8 Å². The van der Waals surface area contributed by atoms with E-state index in [4.69, 9.17) is 21.1 Å². The summed E-state index contributed by atoms with van der Waals surface area (Å²) in [7, 11) is 0. The van der Waals surface area contributed by atoms with Crippen LogP contribution in [0.15, 0.2) is 39.7 Å². The number of carbonyl (C=O) groups excluding carboxylic acids is 3. The monoisotopic (exact) mass is 539 g/mol. The standard InChI is InChI=1S/C19H11BrClN3O7S/c20-11-2-1-10(5-12(11)21)22-17(25)7-23-18(26)16(32-19(23)27)4-9-3-14-15(31-8-30-14)6-13(9)24(28)29/h1-6H,7-8H2,(H,22,25)/b16-4-. The molecule has 2 heterocycles. The highest BCUT2D eigenvalue weighted by molar-refractivity contribution is 9.10. The van der Waals surface area contributed by atoms with Crippen LogP contribution in [-0.2, 0) is 9.59 Å². The van der Waals surface area contributed by atoms with Gasteiger partial charge in [-0.15, -0.1) is 0 Å². The molecule has 0 spiro atoms. The fourth-order valence-electron chi connectivity index (χ4n) is 2.92. The zero-order valence-electron chi connectivity index (χ0n) is 15.8. The number of imide groups is 1. The van der Waals surface area contributed by atoms with Gasteiger partial charge in [-0.05, 0) is 58.0 Å². The van der Waals surface area contributed by atoms with Crippen LogP contribution in [-0.4, -0.2) is 40.2 Å². The van der Waals surface area contributed by atoms with Gasteiger partial charge >= 0.3 is 0 Å². The lowest BCUT2D eigenvalue weighted by molar-refractivity contribution is -0.385. The molecule has 10 nitrogen and oxygen atoms in total. The molecule has 2 aromatic carbocycles. The smallest absolute Gasteiger partial charge is 0.294 e. The number of ether oxygens (including phenoxy) is 2. The second-order valence-corrected chi connectivity index (χ2v) is 8.72. The third-order valence-corrected chi connectivity index (χ3v) is 6.52. The minimum Gasteiger partial charge on any atom is -0.454 e. The number of thioether (sulfide) groups is 1. The summed E-state index contributed by atoms with van der Waals surface area (Å²) in [6.45, 7) is -0.607. The van der Waals surface area contributed by atoms with Gasteiger partial charge in [-0.3, -0.25) is 29.4 Å². The number of nitro groups is 1. The highest BCUT2D eigenvalue weighted by Crippen LogP contribution is 2.40. The van der Waals surface area contributed by atoms with E-state index >= 15 is 0 Å². The fourth-order valence-corrected chi connectivity index (χ4v) is 4.17. The molecule has 0 atom stereocenters. The number of halogens is 2. The average molecular weight is 541 g/mol. The molecule has 0 aliphatic carbocycles. The Morgan fingerprint density at radius 3 is 2.69 bits per heavy atom. The predicted molar refractivity (Wildman–Crippen MR) is 120 cm³/mol. The Morgan fingerprint density at radius 1 is 1.28 bits per heavy atom. The SMILES string of the molecule is O=C(CN1C(=O)S/C(=C\c2cc3c(cc2[N+](=O)[O-])OCO3)C1=O)Nc1ccc(Br)c(Cl)c1. The lowest BCUT2D eigenvalue weighted by Gasteiger charge is -2.12. The van der Waals surface area contributed by atoms with Gasteiger partial charge in [-0.1, -0.05) is 11.6 Å². The van der Waals surface area contributed by atoms with Crippen molar-refractivity contribution in [3.05, 3.63) is 60.4 Å². The molecule has 13 heteroatoms. The number of hydrogen-bond donors (Lipinski definition) is 1. The number of hydrogen-bond acceptors (Lipinski definition) is 8. The van der Waals surface area contributed by atoms with Gasteiger partial charge in [0.2, 0.25) is 12.7 Å². The Balaban J connectivity index is 1.53. The molecular formula is C19H11BrClN3O7S. The molecule has 2 aliphatic rings. The minimum absolute atomic E-state index is 0.0588. The summed E-state index contributed by atoms with van der Waals surface area (Å²) in [6.07, 6.45) is 1.22. The zero-order valence-corrected chi connectivity index (χ0v) is 19.0. The van der Waals surface area contributed by atoms with Gasteiger partial charge in [0.05, 0.1) is 26.5 Å². The minimum atomic E-state index is -0.740. The first-order valence-electron chi connectivity index (χ1n) is 8.81. The number of rotatable bonds is 5. The van der Waals surface area contributed by atoms with Crippen molar-refractivity contribution in [2.75, 3.05) is 18.7 Å². The molecule has 1 N–H and O–H groups in total. The third kappa shape index (κ3) is 4.42. The summed E-state index contributed by atoms with van der Waals surface area (Å²) in [5, 5.41) is 13.7. The molecule has 2 aliphatic heterocycles. The van der Waals surface area contributed by atoms with Crippen LogP contribution in [0.4, 0.5) is 16.2 Å². The van der Waals surface area contributed by atoms with E-state index in [0.717, 1.165) is 4.90 Å². The number of nitro benzene ring substituents is 1. The molecule has 3 amide bonds. The van der Waals surface area contributed by atoms with E-state index < -0.39 is 28.5 Å². The molecular weight excluding hydrogens is 530 g/mol. The molecule has 0 aromatic heterocycles. The molecule has 1 saturated heterocycles. The van der Waals surface area contributed by atoms with Gasteiger partial charge < -0.3 is 14.8 Å². The van der Waals surface area contributed by atoms with E-state index in [-0.39, 0.29) is 34.4 Å². The van der Waals surface area contributed by atoms with Crippen LogP contribution >= 0.6 is 39.3 Å². The van der Waals surface area contributed by atoms with Crippen molar-refractivity contribution >= 4 is 73.8 Å². The topological polar surface area (TPSA) is 128 Å². The highest BCUT2D eigenvalue weighted by Gasteiger charge is 2.37. The second kappa shape index (κ2) is 8.81. The van der Waals surface area contributed by atoms with E-state index in [1.165, 1.54) is 24.3 Å². The molecule has 2 aromatic rings. The molecule has 0 bridgehead atoms. The first-order chi connectivity index (χ1) is 15.2. The quantitative estimate of drug-likeness (QED) is 0.335. The Bertz CT molecular complexity index is 1220. The predicted octanol–water partition coefficient (Wildman–Crippen LogP) is 4.41. The van der Waals surface area contributed by atoms with E-state index in [0.29, 0.717) is 26.9 Å². The Hall–Kier alpha value is -3.09. The maximum Gasteiger partial charge on any atom is 0.294 e. The summed E-state index contributed by atoms with van der Waals surface area (Å²) in [6, 6.07) is 7.29. The first-order valence-corrected chi connectivity index (χ1v) is 10.8. The van der Waals surface area contributed by atoms with Crippen molar-refractivity contribution < 1.29 is 28.8 Å². The molecule has 32 heavy (non-hydrogen) atoms. The molecule has 0 saturated carbocycles. The lowest BCUT2D eigenvalue weighted by Crippen LogP contribution is -2.36. The third-order valence-electron chi connectivity index (χ3n) is 4.38. The number of anilines is 1. The maximum atomic E-state index is 12.7. The number of nitrogens with one attached hydrogen (secondary N) is 1. The van der Waals surface area contributed by atoms with Gasteiger partial charge in [-0.25, -0.2) is 0 Å². The molecule has 164 valence electrons. The van der Waals surface area contributed by atoms with Gasteiger partial charge in [0, 0.05) is 10.2 Å². The van der Waals surface area contributed by atoms with Crippen LogP contribution in [0.3, 0.4) is 0 Å². The van der Waals surface area contributed by atoms with E-state index in [1.807, 2.05) is 0 Å². The maximum absolute atomic E-state index is 12.7. The summed E-state index contributed by atoms with van der Waals surface area (Å²) in [5.41, 5.74) is 0.145. The Labute approximate surface area is 197 Å². The van der Waals surface area contributed by atoms with Gasteiger partial charge in [0.15, 0.2) is 11.5 Å². The van der Waals surface area contributed by atoms with Crippen molar-refractivity contribution in [2.45, 2.75) is 0 Å². The largest absolute Gasteiger partial charge is 0.454 e. The second-order valence-electron chi connectivity index (χ2n) is 6.47. The normalized spacial score (nSPS) is 16.1. The van der Waals surface area contributed by atoms with E-state index in [9.17, 15) is 24.5 Å². The fraction of sp³-hybridized carbons (Fsp3) is 0.105. The van der Waals surface area contributed by atoms with E-state index in [1.54, 1.807) is 12.1 Å². The number of nitrogens with zero attached hydrogens (tertiary/aromatic N) is 2. The van der Waals surface area contributed by atoms with Crippen LogP contribution in [0.2, 0.25) is 5.02 Å². The average Bonchev–Trinajstić information content (AvgIpc) is 3.29. The van der Waals surface area contributed by atoms with Crippen LogP contribution in [0.5, 0.6) is 11.5 Å². The summed E-state index contributed by atoms with van der Waals surface area (Å²) in [4.78, 5) is 48.8. The van der Waals surface area contributed by atoms with Crippen molar-refractivity contribution in [3.8, 4) is 11.5 Å². The summed E-state index contributed by atoms with van der Waals surface area (Å²) in [5.74, 6) is -0.850.